The summed E-state index contributed by atoms with van der Waals surface area (Å²) in [6.45, 7) is 1.61. The number of hydrogen-bond acceptors (Lipinski definition) is 5. The SMILES string of the molecule is COc1ccc(S(=O)(=O)N(C)CCc2c[nH]c3ccc(F)cc23)cc1N1CCN(C(=O)C(Cl)(Cl)Cl)CC1. The maximum Gasteiger partial charge on any atom is 0.274 e. The molecule has 0 atom stereocenters. The number of benzene rings is 2. The molecule has 8 nitrogen and oxygen atoms in total. The standard InChI is InChI=1S/C24H26Cl3FN4O4S/c1-30(8-7-16-15-29-20-5-3-17(28)13-19(16)20)37(34,35)18-4-6-22(36-2)21(14-18)31-9-11-32(12-10-31)23(33)24(25,26)27/h3-6,13-15,29H,7-12H2,1-2H3. The van der Waals surface area contributed by atoms with Gasteiger partial charge in [-0.15, -0.1) is 0 Å². The number of hydrogen-bond donors (Lipinski definition) is 1. The van der Waals surface area contributed by atoms with E-state index in [0.29, 0.717) is 44.0 Å². The molecule has 13 heteroatoms. The molecule has 1 amide bonds. The molecule has 4 rings (SSSR count). The number of carbonyl (C=O) groups is 1. The highest BCUT2D eigenvalue weighted by molar-refractivity contribution is 7.89. The van der Waals surface area contributed by atoms with Gasteiger partial charge < -0.3 is 19.5 Å². The van der Waals surface area contributed by atoms with Crippen LogP contribution < -0.4 is 9.64 Å². The lowest BCUT2D eigenvalue weighted by molar-refractivity contribution is -0.130. The number of ether oxygens (including phenoxy) is 1. The average molecular weight is 592 g/mol. The lowest BCUT2D eigenvalue weighted by atomic mass is 10.1. The van der Waals surface area contributed by atoms with Gasteiger partial charge in [-0.2, -0.15) is 0 Å². The summed E-state index contributed by atoms with van der Waals surface area (Å²) in [5, 5.41) is 0.727. The fourth-order valence-electron chi connectivity index (χ4n) is 4.34. The van der Waals surface area contributed by atoms with Crippen LogP contribution in [0.25, 0.3) is 10.9 Å². The van der Waals surface area contributed by atoms with Crippen LogP contribution in [0.5, 0.6) is 5.75 Å². The Hall–Kier alpha value is -2.24. The fraction of sp³-hybridized carbons (Fsp3) is 0.375. The Morgan fingerprint density at radius 3 is 2.49 bits per heavy atom. The first-order chi connectivity index (χ1) is 17.4. The van der Waals surface area contributed by atoms with Crippen LogP contribution in [0.4, 0.5) is 10.1 Å². The van der Waals surface area contributed by atoms with Crippen LogP contribution in [-0.2, 0) is 21.2 Å². The lowest BCUT2D eigenvalue weighted by Gasteiger charge is -2.37. The zero-order valence-corrected chi connectivity index (χ0v) is 23.3. The maximum absolute atomic E-state index is 13.7. The quantitative estimate of drug-likeness (QED) is 0.417. The van der Waals surface area contributed by atoms with Gasteiger partial charge in [-0.3, -0.25) is 4.79 Å². The summed E-state index contributed by atoms with van der Waals surface area (Å²) in [5.41, 5.74) is 2.21. The first kappa shape index (κ1) is 27.8. The predicted octanol–water partition coefficient (Wildman–Crippen LogP) is 4.20. The van der Waals surface area contributed by atoms with Crippen molar-refractivity contribution in [1.82, 2.24) is 14.2 Å². The van der Waals surface area contributed by atoms with Gasteiger partial charge in [0.05, 0.1) is 17.7 Å². The number of methoxy groups -OCH3 is 1. The monoisotopic (exact) mass is 590 g/mol. The summed E-state index contributed by atoms with van der Waals surface area (Å²) in [7, 11) is -0.818. The van der Waals surface area contributed by atoms with Gasteiger partial charge in [-0.05, 0) is 48.4 Å². The fourth-order valence-corrected chi connectivity index (χ4v) is 5.89. The topological polar surface area (TPSA) is 85.9 Å². The smallest absolute Gasteiger partial charge is 0.274 e. The van der Waals surface area contributed by atoms with Crippen LogP contribution >= 0.6 is 34.8 Å². The van der Waals surface area contributed by atoms with Crippen molar-refractivity contribution in [2.75, 3.05) is 51.8 Å². The van der Waals surface area contributed by atoms with Gasteiger partial charge in [0.2, 0.25) is 10.0 Å². The highest BCUT2D eigenvalue weighted by Crippen LogP contribution is 2.34. The minimum absolute atomic E-state index is 0.107. The van der Waals surface area contributed by atoms with Crippen LogP contribution in [0.2, 0.25) is 0 Å². The summed E-state index contributed by atoms with van der Waals surface area (Å²) in [4.78, 5) is 18.8. The number of fused-ring (bicyclic) bond motifs is 1. The molecule has 0 aliphatic carbocycles. The number of rotatable bonds is 7. The largest absolute Gasteiger partial charge is 0.495 e. The summed E-state index contributed by atoms with van der Waals surface area (Å²) in [6, 6.07) is 9.14. The van der Waals surface area contributed by atoms with Crippen LogP contribution in [0.15, 0.2) is 47.5 Å². The van der Waals surface area contributed by atoms with Crippen LogP contribution in [0.1, 0.15) is 5.56 Å². The van der Waals surface area contributed by atoms with E-state index in [1.165, 1.54) is 41.6 Å². The molecule has 0 unspecified atom stereocenters. The second-order valence-corrected chi connectivity index (χ2v) is 13.0. The molecule has 0 saturated carbocycles. The van der Waals surface area contributed by atoms with Crippen molar-refractivity contribution in [2.45, 2.75) is 15.1 Å². The molecular weight excluding hydrogens is 566 g/mol. The zero-order chi connectivity index (χ0) is 27.0. The summed E-state index contributed by atoms with van der Waals surface area (Å²) in [6.07, 6.45) is 2.17. The number of aromatic amines is 1. The van der Waals surface area contributed by atoms with E-state index >= 15 is 0 Å². The molecule has 37 heavy (non-hydrogen) atoms. The Balaban J connectivity index is 1.50. The third kappa shape index (κ3) is 5.93. The van der Waals surface area contributed by atoms with Crippen molar-refractivity contribution in [3.05, 3.63) is 54.0 Å². The van der Waals surface area contributed by atoms with Crippen molar-refractivity contribution in [1.29, 1.82) is 0 Å². The third-order valence-corrected chi connectivity index (χ3v) is 8.77. The molecule has 1 aliphatic heterocycles. The number of alkyl halides is 3. The molecule has 1 N–H and O–H groups in total. The molecule has 0 spiro atoms. The molecule has 200 valence electrons. The molecule has 3 aromatic rings. The van der Waals surface area contributed by atoms with Gasteiger partial charge in [-0.25, -0.2) is 17.1 Å². The van der Waals surface area contributed by atoms with Crippen molar-refractivity contribution < 1.29 is 22.3 Å². The zero-order valence-electron chi connectivity index (χ0n) is 20.2. The number of nitrogens with one attached hydrogen (secondary N) is 1. The molecule has 2 aromatic carbocycles. The van der Waals surface area contributed by atoms with Crippen LogP contribution in [0.3, 0.4) is 0 Å². The van der Waals surface area contributed by atoms with Gasteiger partial charge in [0, 0.05) is 56.9 Å². The van der Waals surface area contributed by atoms with E-state index < -0.39 is 19.7 Å². The van der Waals surface area contributed by atoms with Crippen molar-refractivity contribution in [3.63, 3.8) is 0 Å². The Labute approximate surface area is 229 Å². The van der Waals surface area contributed by atoms with E-state index in [1.54, 1.807) is 24.4 Å². The molecule has 0 radical (unpaired) electrons. The third-order valence-electron chi connectivity index (χ3n) is 6.43. The first-order valence-corrected chi connectivity index (χ1v) is 14.0. The number of halogens is 4. The summed E-state index contributed by atoms with van der Waals surface area (Å²) >= 11 is 17.2. The Morgan fingerprint density at radius 2 is 1.84 bits per heavy atom. The lowest BCUT2D eigenvalue weighted by Crippen LogP contribution is -2.51. The van der Waals surface area contributed by atoms with E-state index in [9.17, 15) is 17.6 Å². The van der Waals surface area contributed by atoms with Gasteiger partial charge in [0.25, 0.3) is 9.70 Å². The molecule has 0 bridgehead atoms. The molecule has 1 aliphatic rings. The second kappa shape index (κ2) is 10.9. The predicted molar refractivity (Wildman–Crippen MR) is 144 cm³/mol. The Bertz CT molecular complexity index is 1400. The first-order valence-electron chi connectivity index (χ1n) is 11.4. The van der Waals surface area contributed by atoms with Crippen molar-refractivity contribution in [3.8, 4) is 5.75 Å². The number of nitrogens with zero attached hydrogens (tertiary/aromatic N) is 3. The number of anilines is 1. The maximum atomic E-state index is 13.7. The normalized spacial score (nSPS) is 15.0. The van der Waals surface area contributed by atoms with E-state index in [4.69, 9.17) is 39.5 Å². The number of sulfonamides is 1. The molecule has 1 saturated heterocycles. The number of amides is 1. The van der Waals surface area contributed by atoms with Crippen LogP contribution in [0, 0.1) is 5.82 Å². The van der Waals surface area contributed by atoms with Gasteiger partial charge >= 0.3 is 0 Å². The van der Waals surface area contributed by atoms with Crippen molar-refractivity contribution in [2.24, 2.45) is 0 Å². The minimum Gasteiger partial charge on any atom is -0.495 e. The highest BCUT2D eigenvalue weighted by Gasteiger charge is 2.37. The molecule has 2 heterocycles. The van der Waals surface area contributed by atoms with Crippen molar-refractivity contribution >= 4 is 67.3 Å². The van der Waals surface area contributed by atoms with Gasteiger partial charge in [0.1, 0.15) is 11.6 Å². The van der Waals surface area contributed by atoms with Gasteiger partial charge in [0.15, 0.2) is 0 Å². The number of piperazine rings is 1. The molecule has 1 fully saturated rings. The number of carbonyl (C=O) groups excluding carboxylic acids is 1. The minimum atomic E-state index is -3.83. The van der Waals surface area contributed by atoms with E-state index in [1.807, 2.05) is 4.90 Å². The Kier molecular flexibility index (Phi) is 8.16. The second-order valence-electron chi connectivity index (χ2n) is 8.69. The summed E-state index contributed by atoms with van der Waals surface area (Å²) < 4.78 is 45.2. The van der Waals surface area contributed by atoms with Crippen LogP contribution in [-0.4, -0.2) is 79.2 Å². The molecule has 1 aromatic heterocycles. The highest BCUT2D eigenvalue weighted by atomic mass is 35.6. The summed E-state index contributed by atoms with van der Waals surface area (Å²) in [5.74, 6) is -0.443. The number of H-pyrrole nitrogens is 1. The van der Waals surface area contributed by atoms with E-state index in [0.717, 1.165) is 16.5 Å². The average Bonchev–Trinajstić information content (AvgIpc) is 3.27. The van der Waals surface area contributed by atoms with Gasteiger partial charge in [-0.1, -0.05) is 34.8 Å². The molecular formula is C24H26Cl3FN4O4S. The number of aromatic nitrogens is 1. The van der Waals surface area contributed by atoms with E-state index in [-0.39, 0.29) is 17.3 Å². The van der Waals surface area contributed by atoms with E-state index in [2.05, 4.69) is 4.98 Å². The number of likely N-dealkylation sites (N-methyl/N-ethyl adjacent to an activating group) is 1. The Morgan fingerprint density at radius 1 is 1.14 bits per heavy atom.